The molecule has 0 bridgehead atoms. The lowest BCUT2D eigenvalue weighted by Crippen LogP contribution is -2.39. The summed E-state index contributed by atoms with van der Waals surface area (Å²) in [5.41, 5.74) is 0.302. The molecule has 1 N–H and O–H groups in total. The van der Waals surface area contributed by atoms with Crippen molar-refractivity contribution in [2.24, 2.45) is 0 Å². The monoisotopic (exact) mass is 232 g/mol. The Morgan fingerprint density at radius 1 is 1.83 bits per heavy atom. The van der Waals surface area contributed by atoms with Gasteiger partial charge in [-0.2, -0.15) is 0 Å². The predicted molar refractivity (Wildman–Crippen MR) is 48.0 cm³/mol. The van der Waals surface area contributed by atoms with E-state index in [1.165, 1.54) is 7.11 Å². The van der Waals surface area contributed by atoms with E-state index < -0.39 is 10.6 Å². The SMILES string of the molecule is COC1(Br)C=CC=C(C=O)C1O. The van der Waals surface area contributed by atoms with Crippen LogP contribution in [0.25, 0.3) is 0 Å². The van der Waals surface area contributed by atoms with Crippen LogP contribution in [0.5, 0.6) is 0 Å². The summed E-state index contributed by atoms with van der Waals surface area (Å²) in [5.74, 6) is 0. The Kier molecular flexibility index (Phi) is 2.82. The summed E-state index contributed by atoms with van der Waals surface area (Å²) in [6.07, 6.45) is 4.52. The quantitative estimate of drug-likeness (QED) is 0.566. The van der Waals surface area contributed by atoms with E-state index in [-0.39, 0.29) is 0 Å². The molecule has 1 aliphatic carbocycles. The highest BCUT2D eigenvalue weighted by molar-refractivity contribution is 9.10. The maximum atomic E-state index is 10.4. The Labute approximate surface area is 78.8 Å². The van der Waals surface area contributed by atoms with Gasteiger partial charge in [0.15, 0.2) is 4.51 Å². The number of aliphatic hydroxyl groups is 1. The maximum Gasteiger partial charge on any atom is 0.171 e. The first-order valence-electron chi connectivity index (χ1n) is 3.41. The number of alkyl halides is 1. The number of carbonyl (C=O) groups excluding carboxylic acids is 1. The summed E-state index contributed by atoms with van der Waals surface area (Å²) in [4.78, 5) is 10.4. The van der Waals surface area contributed by atoms with E-state index in [4.69, 9.17) is 4.74 Å². The van der Waals surface area contributed by atoms with Crippen molar-refractivity contribution < 1.29 is 14.6 Å². The minimum atomic E-state index is -0.960. The van der Waals surface area contributed by atoms with Gasteiger partial charge >= 0.3 is 0 Å². The van der Waals surface area contributed by atoms with Crippen LogP contribution in [0.2, 0.25) is 0 Å². The van der Waals surface area contributed by atoms with Crippen molar-refractivity contribution >= 4 is 22.2 Å². The van der Waals surface area contributed by atoms with Crippen LogP contribution in [-0.2, 0) is 9.53 Å². The largest absolute Gasteiger partial charge is 0.384 e. The number of rotatable bonds is 2. The zero-order chi connectivity index (χ0) is 9.19. The fourth-order valence-electron chi connectivity index (χ4n) is 0.983. The van der Waals surface area contributed by atoms with Crippen LogP contribution in [0.1, 0.15) is 0 Å². The van der Waals surface area contributed by atoms with E-state index in [9.17, 15) is 9.90 Å². The van der Waals surface area contributed by atoms with Gasteiger partial charge in [0.25, 0.3) is 0 Å². The number of carbonyl (C=O) groups is 1. The van der Waals surface area contributed by atoms with E-state index in [1.807, 2.05) is 0 Å². The third kappa shape index (κ3) is 1.50. The molecular weight excluding hydrogens is 224 g/mol. The molecule has 4 heteroatoms. The lowest BCUT2D eigenvalue weighted by molar-refractivity contribution is -0.106. The fraction of sp³-hybridized carbons (Fsp3) is 0.375. The lowest BCUT2D eigenvalue weighted by Gasteiger charge is -2.30. The third-order valence-electron chi connectivity index (χ3n) is 1.75. The van der Waals surface area contributed by atoms with Gasteiger partial charge in [-0.3, -0.25) is 4.79 Å². The zero-order valence-corrected chi connectivity index (χ0v) is 8.11. The first kappa shape index (κ1) is 9.64. The summed E-state index contributed by atoms with van der Waals surface area (Å²) in [6.45, 7) is 0. The Morgan fingerprint density at radius 3 is 3.00 bits per heavy atom. The highest BCUT2D eigenvalue weighted by atomic mass is 79.9. The van der Waals surface area contributed by atoms with Gasteiger partial charge in [0.2, 0.25) is 0 Å². The second-order valence-corrected chi connectivity index (χ2v) is 3.69. The molecule has 2 atom stereocenters. The van der Waals surface area contributed by atoms with Gasteiger partial charge in [0, 0.05) is 12.7 Å². The first-order chi connectivity index (χ1) is 5.64. The summed E-state index contributed by atoms with van der Waals surface area (Å²) in [5, 5.41) is 9.57. The second-order valence-electron chi connectivity index (χ2n) is 2.45. The Hall–Kier alpha value is -0.450. The number of ether oxygens (including phenoxy) is 1. The van der Waals surface area contributed by atoms with Crippen LogP contribution in [0.4, 0.5) is 0 Å². The molecule has 1 rings (SSSR count). The van der Waals surface area contributed by atoms with Crippen LogP contribution < -0.4 is 0 Å². The van der Waals surface area contributed by atoms with Gasteiger partial charge in [-0.05, 0) is 22.0 Å². The molecule has 3 nitrogen and oxygen atoms in total. The van der Waals surface area contributed by atoms with Crippen molar-refractivity contribution in [2.75, 3.05) is 7.11 Å². The molecular formula is C8H9BrO3. The lowest BCUT2D eigenvalue weighted by atomic mass is 10.0. The van der Waals surface area contributed by atoms with Crippen LogP contribution in [0.3, 0.4) is 0 Å². The van der Waals surface area contributed by atoms with E-state index in [0.717, 1.165) is 0 Å². The molecule has 0 aromatic carbocycles. The number of aliphatic hydroxyl groups excluding tert-OH is 1. The standard InChI is InChI=1S/C8H9BrO3/c1-12-8(9)4-2-3-6(5-10)7(8)11/h2-5,7,11H,1H3. The number of allylic oxidation sites excluding steroid dienone is 2. The molecule has 0 aliphatic heterocycles. The molecule has 12 heavy (non-hydrogen) atoms. The van der Waals surface area contributed by atoms with Crippen LogP contribution in [-0.4, -0.2) is 29.1 Å². The molecule has 0 aromatic heterocycles. The summed E-state index contributed by atoms with van der Waals surface area (Å²) in [6, 6.07) is 0. The summed E-state index contributed by atoms with van der Waals surface area (Å²) >= 11 is 3.18. The van der Waals surface area contributed by atoms with Crippen molar-refractivity contribution in [1.29, 1.82) is 0 Å². The minimum Gasteiger partial charge on any atom is -0.384 e. The van der Waals surface area contributed by atoms with Crippen LogP contribution in [0, 0.1) is 0 Å². The average Bonchev–Trinajstić information content (AvgIpc) is 2.10. The number of halogens is 1. The Balaban J connectivity index is 2.94. The van der Waals surface area contributed by atoms with Gasteiger partial charge in [0.1, 0.15) is 12.4 Å². The zero-order valence-electron chi connectivity index (χ0n) is 6.53. The normalized spacial score (nSPS) is 34.6. The second kappa shape index (κ2) is 3.51. The molecule has 0 spiro atoms. The van der Waals surface area contributed by atoms with Gasteiger partial charge in [-0.1, -0.05) is 12.2 Å². The summed E-state index contributed by atoms with van der Waals surface area (Å²) in [7, 11) is 1.45. The topological polar surface area (TPSA) is 46.5 Å². The molecule has 66 valence electrons. The number of methoxy groups -OCH3 is 1. The fourth-order valence-corrected chi connectivity index (χ4v) is 1.40. The molecule has 1 aliphatic rings. The number of hydrogen-bond donors (Lipinski definition) is 1. The van der Waals surface area contributed by atoms with Crippen molar-refractivity contribution in [3.63, 3.8) is 0 Å². The van der Waals surface area contributed by atoms with Crippen molar-refractivity contribution in [1.82, 2.24) is 0 Å². The van der Waals surface area contributed by atoms with Crippen molar-refractivity contribution in [3.05, 3.63) is 23.8 Å². The van der Waals surface area contributed by atoms with Crippen molar-refractivity contribution in [3.8, 4) is 0 Å². The molecule has 0 saturated carbocycles. The van der Waals surface area contributed by atoms with E-state index in [1.54, 1.807) is 18.2 Å². The Bertz CT molecular complexity index is 247. The van der Waals surface area contributed by atoms with Crippen LogP contribution in [0.15, 0.2) is 23.8 Å². The van der Waals surface area contributed by atoms with Crippen LogP contribution >= 0.6 is 15.9 Å². The molecule has 0 aromatic rings. The minimum absolute atomic E-state index is 0.302. The van der Waals surface area contributed by atoms with Gasteiger partial charge in [0.05, 0.1) is 0 Å². The summed E-state index contributed by atoms with van der Waals surface area (Å²) < 4.78 is 4.04. The molecule has 0 amide bonds. The maximum absolute atomic E-state index is 10.4. The average molecular weight is 233 g/mol. The first-order valence-corrected chi connectivity index (χ1v) is 4.20. The smallest absolute Gasteiger partial charge is 0.171 e. The molecule has 2 unspecified atom stereocenters. The molecule has 0 heterocycles. The number of aldehydes is 1. The molecule has 0 fully saturated rings. The van der Waals surface area contributed by atoms with Gasteiger partial charge in [-0.15, -0.1) is 0 Å². The predicted octanol–water partition coefficient (Wildman–Crippen LogP) is 0.780. The molecule has 0 saturated heterocycles. The Morgan fingerprint density at radius 2 is 2.50 bits per heavy atom. The van der Waals surface area contributed by atoms with Gasteiger partial charge < -0.3 is 9.84 Å². The van der Waals surface area contributed by atoms with Crippen molar-refractivity contribution in [2.45, 2.75) is 10.6 Å². The highest BCUT2D eigenvalue weighted by Gasteiger charge is 2.36. The van der Waals surface area contributed by atoms with Gasteiger partial charge in [-0.25, -0.2) is 0 Å². The third-order valence-corrected chi connectivity index (χ3v) is 2.77. The van der Waals surface area contributed by atoms with E-state index >= 15 is 0 Å². The van der Waals surface area contributed by atoms with E-state index in [2.05, 4.69) is 15.9 Å². The molecule has 0 radical (unpaired) electrons. The van der Waals surface area contributed by atoms with E-state index in [0.29, 0.717) is 11.9 Å². The highest BCUT2D eigenvalue weighted by Crippen LogP contribution is 2.31. The number of hydrogen-bond acceptors (Lipinski definition) is 3.